The normalized spacial score (nSPS) is 21.1. The average molecular weight is 507 g/mol. The summed E-state index contributed by atoms with van der Waals surface area (Å²) in [6.07, 6.45) is 4.28. The quantitative estimate of drug-likeness (QED) is 0.335. The molecule has 1 aliphatic carbocycles. The number of benzene rings is 1. The van der Waals surface area contributed by atoms with Crippen molar-refractivity contribution in [1.29, 1.82) is 0 Å². The molecule has 0 aromatic heterocycles. The lowest BCUT2D eigenvalue weighted by molar-refractivity contribution is 0.411. The Morgan fingerprint density at radius 2 is 2.11 bits per heavy atom. The van der Waals surface area contributed by atoms with Gasteiger partial charge in [0.15, 0.2) is 5.96 Å². The second-order valence-corrected chi connectivity index (χ2v) is 8.80. The first-order valence-corrected chi connectivity index (χ1v) is 11.0. The Balaban J connectivity index is 0.00000364. The predicted octanol–water partition coefficient (Wildman–Crippen LogP) is 3.76. The predicted molar refractivity (Wildman–Crippen MR) is 126 cm³/mol. The van der Waals surface area contributed by atoms with Gasteiger partial charge in [0.2, 0.25) is 0 Å². The van der Waals surface area contributed by atoms with Crippen molar-refractivity contribution in [3.8, 4) is 5.75 Å². The van der Waals surface area contributed by atoms with E-state index in [0.29, 0.717) is 17.8 Å². The van der Waals surface area contributed by atoms with Crippen LogP contribution in [0.15, 0.2) is 23.2 Å². The fraction of sp³-hybridized carbons (Fsp3) is 0.650. The highest BCUT2D eigenvalue weighted by Gasteiger charge is 2.26. The van der Waals surface area contributed by atoms with Crippen LogP contribution in [0.5, 0.6) is 5.75 Å². The molecule has 1 aromatic carbocycles. The van der Waals surface area contributed by atoms with Crippen LogP contribution >= 0.6 is 24.0 Å². The van der Waals surface area contributed by atoms with Crippen LogP contribution < -0.4 is 15.4 Å². The Hall–Kier alpha value is -0.830. The molecule has 0 bridgehead atoms. The van der Waals surface area contributed by atoms with Gasteiger partial charge in [-0.3, -0.25) is 4.21 Å². The zero-order valence-corrected chi connectivity index (χ0v) is 20.1. The molecule has 0 saturated heterocycles. The van der Waals surface area contributed by atoms with E-state index in [2.05, 4.69) is 29.7 Å². The van der Waals surface area contributed by atoms with Gasteiger partial charge in [0.05, 0.1) is 13.7 Å². The smallest absolute Gasteiger partial charge is 0.191 e. The minimum atomic E-state index is -0.706. The number of hydrogen-bond donors (Lipinski definition) is 2. The Morgan fingerprint density at radius 3 is 2.78 bits per heavy atom. The summed E-state index contributed by atoms with van der Waals surface area (Å²) in [5.74, 6) is 2.48. The van der Waals surface area contributed by atoms with Gasteiger partial charge >= 0.3 is 0 Å². The zero-order valence-electron chi connectivity index (χ0n) is 16.9. The molecule has 27 heavy (non-hydrogen) atoms. The summed E-state index contributed by atoms with van der Waals surface area (Å²) in [5, 5.41) is 7.19. The molecule has 0 radical (unpaired) electrons. The van der Waals surface area contributed by atoms with Gasteiger partial charge in [0.1, 0.15) is 5.75 Å². The molecule has 3 unspecified atom stereocenters. The third-order valence-electron chi connectivity index (χ3n) is 4.86. The van der Waals surface area contributed by atoms with Crippen LogP contribution in [-0.4, -0.2) is 40.9 Å². The third-order valence-corrected chi connectivity index (χ3v) is 6.60. The Labute approximate surface area is 183 Å². The minimum absolute atomic E-state index is 0. The summed E-state index contributed by atoms with van der Waals surface area (Å²) in [4.78, 5) is 4.74. The van der Waals surface area contributed by atoms with Gasteiger partial charge in [-0.2, -0.15) is 0 Å². The lowest BCUT2D eigenvalue weighted by atomic mass is 9.95. The molecule has 1 fully saturated rings. The van der Waals surface area contributed by atoms with Crippen molar-refractivity contribution < 1.29 is 8.95 Å². The number of nitrogens with zero attached hydrogens (tertiary/aromatic N) is 1. The van der Waals surface area contributed by atoms with Crippen LogP contribution in [0, 0.1) is 6.92 Å². The molecular weight excluding hydrogens is 473 g/mol. The number of nitrogens with one attached hydrogen (secondary N) is 2. The molecule has 0 spiro atoms. The summed E-state index contributed by atoms with van der Waals surface area (Å²) in [6, 6.07) is 6.54. The van der Waals surface area contributed by atoms with E-state index in [1.165, 1.54) is 0 Å². The average Bonchev–Trinajstić information content (AvgIpc) is 2.66. The van der Waals surface area contributed by atoms with Gasteiger partial charge < -0.3 is 15.4 Å². The Morgan fingerprint density at radius 1 is 1.33 bits per heavy atom. The number of hydrogen-bond acceptors (Lipinski definition) is 3. The molecular formula is C20H34IN3O2S. The zero-order chi connectivity index (χ0) is 18.9. The van der Waals surface area contributed by atoms with Gasteiger partial charge in [-0.1, -0.05) is 25.5 Å². The second-order valence-electron chi connectivity index (χ2n) is 6.80. The number of ether oxygens (including phenoxy) is 1. The number of halogens is 1. The number of aliphatic imine (C=N–C) groups is 1. The van der Waals surface area contributed by atoms with Crippen LogP contribution in [-0.2, 0) is 17.3 Å². The highest BCUT2D eigenvalue weighted by atomic mass is 127. The standard InChI is InChI=1S/C20H33N3O2S.HI/c1-5-21-20(22-14-16-11-10-15(3)19(12-16)25-4)23-17-8-7-9-18(13-17)26(24)6-2;/h10-12,17-18H,5-9,13-14H2,1-4H3,(H2,21,22,23);1H. The van der Waals surface area contributed by atoms with E-state index < -0.39 is 10.8 Å². The van der Waals surface area contributed by atoms with E-state index in [-0.39, 0.29) is 24.0 Å². The summed E-state index contributed by atoms with van der Waals surface area (Å²) in [6.45, 7) is 7.54. The van der Waals surface area contributed by atoms with E-state index in [1.807, 2.05) is 19.9 Å². The fourth-order valence-electron chi connectivity index (χ4n) is 3.40. The first-order valence-electron chi connectivity index (χ1n) is 9.62. The van der Waals surface area contributed by atoms with Crippen molar-refractivity contribution >= 4 is 40.7 Å². The molecule has 0 amide bonds. The van der Waals surface area contributed by atoms with Gasteiger partial charge in [0.25, 0.3) is 0 Å². The van der Waals surface area contributed by atoms with E-state index in [4.69, 9.17) is 9.73 Å². The maximum absolute atomic E-state index is 12.1. The molecule has 0 heterocycles. The van der Waals surface area contributed by atoms with Crippen molar-refractivity contribution in [2.45, 2.75) is 64.3 Å². The molecule has 7 heteroatoms. The van der Waals surface area contributed by atoms with E-state index in [0.717, 1.165) is 60.8 Å². The number of rotatable bonds is 7. The van der Waals surface area contributed by atoms with Crippen molar-refractivity contribution in [1.82, 2.24) is 10.6 Å². The molecule has 5 nitrogen and oxygen atoms in total. The van der Waals surface area contributed by atoms with Crippen molar-refractivity contribution in [3.63, 3.8) is 0 Å². The summed E-state index contributed by atoms with van der Waals surface area (Å²) in [5.41, 5.74) is 2.25. The maximum atomic E-state index is 12.1. The van der Waals surface area contributed by atoms with Crippen LogP contribution in [0.2, 0.25) is 0 Å². The molecule has 2 rings (SSSR count). The first-order chi connectivity index (χ1) is 12.6. The molecule has 1 saturated carbocycles. The Kier molecular flexibility index (Phi) is 11.3. The minimum Gasteiger partial charge on any atom is -0.496 e. The third kappa shape index (κ3) is 7.60. The van der Waals surface area contributed by atoms with Crippen molar-refractivity contribution in [2.24, 2.45) is 4.99 Å². The molecule has 1 aliphatic rings. The molecule has 1 aromatic rings. The van der Waals surface area contributed by atoms with Gasteiger partial charge in [0, 0.05) is 34.4 Å². The maximum Gasteiger partial charge on any atom is 0.191 e. The number of aryl methyl sites for hydroxylation is 1. The van der Waals surface area contributed by atoms with E-state index in [9.17, 15) is 4.21 Å². The van der Waals surface area contributed by atoms with Crippen molar-refractivity contribution in [3.05, 3.63) is 29.3 Å². The fourth-order valence-corrected chi connectivity index (χ4v) is 4.74. The molecule has 2 N–H and O–H groups in total. The highest BCUT2D eigenvalue weighted by molar-refractivity contribution is 14.0. The number of guanidine groups is 1. The van der Waals surface area contributed by atoms with Crippen LogP contribution in [0.25, 0.3) is 0 Å². The summed E-state index contributed by atoms with van der Waals surface area (Å²) >= 11 is 0. The second kappa shape index (κ2) is 12.6. The summed E-state index contributed by atoms with van der Waals surface area (Å²) in [7, 11) is 0.989. The van der Waals surface area contributed by atoms with Crippen LogP contribution in [0.3, 0.4) is 0 Å². The van der Waals surface area contributed by atoms with Gasteiger partial charge in [-0.15, -0.1) is 24.0 Å². The lowest BCUT2D eigenvalue weighted by Gasteiger charge is -2.30. The van der Waals surface area contributed by atoms with E-state index >= 15 is 0 Å². The van der Waals surface area contributed by atoms with Gasteiger partial charge in [-0.05, 0) is 50.3 Å². The summed E-state index contributed by atoms with van der Waals surface area (Å²) < 4.78 is 17.5. The van der Waals surface area contributed by atoms with Crippen LogP contribution in [0.1, 0.15) is 50.7 Å². The molecule has 154 valence electrons. The topological polar surface area (TPSA) is 62.7 Å². The monoisotopic (exact) mass is 507 g/mol. The van der Waals surface area contributed by atoms with Crippen LogP contribution in [0.4, 0.5) is 0 Å². The van der Waals surface area contributed by atoms with Gasteiger partial charge in [-0.25, -0.2) is 4.99 Å². The largest absolute Gasteiger partial charge is 0.496 e. The molecule has 0 aliphatic heterocycles. The van der Waals surface area contributed by atoms with E-state index in [1.54, 1.807) is 7.11 Å². The SMILES string of the molecule is CCNC(=NCc1ccc(C)c(OC)c1)NC1CCCC(S(=O)CC)C1.I. The van der Waals surface area contributed by atoms with Crippen molar-refractivity contribution in [2.75, 3.05) is 19.4 Å². The molecule has 3 atom stereocenters. The number of methoxy groups -OCH3 is 1. The first kappa shape index (κ1) is 24.2. The highest BCUT2D eigenvalue weighted by Crippen LogP contribution is 2.23. The lowest BCUT2D eigenvalue weighted by Crippen LogP contribution is -2.46. The Bertz CT molecular complexity index is 640.